The molecule has 4 nitrogen and oxygen atoms in total. The van der Waals surface area contributed by atoms with Crippen molar-refractivity contribution in [2.24, 2.45) is 0 Å². The second-order valence-corrected chi connectivity index (χ2v) is 5.72. The van der Waals surface area contributed by atoms with Gasteiger partial charge in [-0.15, -0.1) is 0 Å². The highest BCUT2D eigenvalue weighted by molar-refractivity contribution is 5.60. The molecule has 1 fully saturated rings. The van der Waals surface area contributed by atoms with Gasteiger partial charge in [-0.1, -0.05) is 12.1 Å². The molecule has 134 valence electrons. The van der Waals surface area contributed by atoms with E-state index < -0.39 is 29.2 Å². The van der Waals surface area contributed by atoms with Crippen LogP contribution in [0.1, 0.15) is 5.56 Å². The Kier molecular flexibility index (Phi) is 5.50. The Morgan fingerprint density at radius 3 is 2.16 bits per heavy atom. The van der Waals surface area contributed by atoms with Gasteiger partial charge in [-0.05, 0) is 24.1 Å². The number of hydrogen-bond donors (Lipinski definition) is 1. The van der Waals surface area contributed by atoms with Crippen LogP contribution in [0.25, 0.3) is 0 Å². The van der Waals surface area contributed by atoms with Crippen LogP contribution in [0.5, 0.6) is 0 Å². The van der Waals surface area contributed by atoms with E-state index in [-0.39, 0.29) is 0 Å². The normalized spacial score (nSPS) is 15.4. The molecule has 0 aliphatic carbocycles. The highest BCUT2D eigenvalue weighted by Gasteiger charge is 2.20. The van der Waals surface area contributed by atoms with Crippen molar-refractivity contribution >= 4 is 11.4 Å². The fourth-order valence-electron chi connectivity index (χ4n) is 2.61. The van der Waals surface area contributed by atoms with Crippen LogP contribution in [-0.4, -0.2) is 42.7 Å². The molecule has 1 aliphatic heterocycles. The summed E-state index contributed by atoms with van der Waals surface area (Å²) in [4.78, 5) is 4.82. The number of rotatable bonds is 5. The van der Waals surface area contributed by atoms with Gasteiger partial charge in [0.05, 0.1) is 13.2 Å². The minimum absolute atomic E-state index is 0.318. The van der Waals surface area contributed by atoms with E-state index in [1.165, 1.54) is 0 Å². The lowest BCUT2D eigenvalue weighted by Crippen LogP contribution is -2.37. The summed E-state index contributed by atoms with van der Waals surface area (Å²) < 4.78 is 58.7. The van der Waals surface area contributed by atoms with Crippen LogP contribution in [-0.2, 0) is 11.2 Å². The lowest BCUT2D eigenvalue weighted by molar-refractivity contribution is 0.0384. The molecule has 1 saturated heterocycles. The topological polar surface area (TPSA) is 37.4 Å². The van der Waals surface area contributed by atoms with Crippen LogP contribution in [0.3, 0.4) is 0 Å². The van der Waals surface area contributed by atoms with E-state index in [4.69, 9.17) is 4.74 Å². The lowest BCUT2D eigenvalue weighted by Gasteiger charge is -2.26. The molecular weight excluding hydrogens is 338 g/mol. The number of nitrogens with one attached hydrogen (secondary N) is 1. The number of ether oxygens (including phenoxy) is 1. The molecular formula is C17H17F4N3O. The first-order valence-electron chi connectivity index (χ1n) is 7.90. The summed E-state index contributed by atoms with van der Waals surface area (Å²) in [6.45, 7) is 4.16. The summed E-state index contributed by atoms with van der Waals surface area (Å²) in [6.07, 6.45) is 0.821. The molecule has 0 unspecified atom stereocenters. The van der Waals surface area contributed by atoms with E-state index in [0.29, 0.717) is 5.69 Å². The number of pyridine rings is 1. The van der Waals surface area contributed by atoms with Crippen LogP contribution in [0.2, 0.25) is 0 Å². The van der Waals surface area contributed by atoms with Gasteiger partial charge in [-0.25, -0.2) is 0 Å². The number of benzene rings is 1. The summed E-state index contributed by atoms with van der Waals surface area (Å²) in [5, 5.41) is 2.36. The molecule has 1 aliphatic rings. The highest BCUT2D eigenvalue weighted by atomic mass is 19.2. The van der Waals surface area contributed by atoms with Gasteiger partial charge in [0, 0.05) is 25.3 Å². The quantitative estimate of drug-likeness (QED) is 0.660. The van der Waals surface area contributed by atoms with Crippen molar-refractivity contribution in [1.29, 1.82) is 0 Å². The monoisotopic (exact) mass is 355 g/mol. The van der Waals surface area contributed by atoms with Crippen LogP contribution < -0.4 is 5.32 Å². The predicted octanol–water partition coefficient (Wildman–Crippen LogP) is 3.26. The average molecular weight is 355 g/mol. The van der Waals surface area contributed by atoms with Gasteiger partial charge in [0.1, 0.15) is 5.69 Å². The Labute approximate surface area is 142 Å². The Morgan fingerprint density at radius 1 is 0.960 bits per heavy atom. The van der Waals surface area contributed by atoms with E-state index in [1.807, 2.05) is 0 Å². The SMILES string of the molecule is Fc1nc(F)c(F)c(Nc2ccc(CCN3CCOCC3)cc2)c1F. The standard InChI is InChI=1S/C17H17F4N3O/c18-13-15(14(19)17(21)23-16(13)20)22-12-3-1-11(2-4-12)5-6-24-7-9-25-10-8-24/h1-4H,5-10H2,(H,22,23). The van der Waals surface area contributed by atoms with E-state index in [2.05, 4.69) is 15.2 Å². The van der Waals surface area contributed by atoms with E-state index in [1.54, 1.807) is 24.3 Å². The molecule has 1 N–H and O–H groups in total. The van der Waals surface area contributed by atoms with Gasteiger partial charge in [0.25, 0.3) is 11.9 Å². The number of nitrogens with zero attached hydrogens (tertiary/aromatic N) is 2. The fraction of sp³-hybridized carbons (Fsp3) is 0.353. The summed E-state index contributed by atoms with van der Waals surface area (Å²) in [6, 6.07) is 6.80. The third-order valence-electron chi connectivity index (χ3n) is 4.04. The first kappa shape index (κ1) is 17.6. The van der Waals surface area contributed by atoms with Crippen molar-refractivity contribution in [3.63, 3.8) is 0 Å². The molecule has 1 aromatic carbocycles. The van der Waals surface area contributed by atoms with Crippen molar-refractivity contribution in [1.82, 2.24) is 9.88 Å². The number of anilines is 2. The Bertz CT molecular complexity index is 707. The zero-order valence-electron chi connectivity index (χ0n) is 13.4. The Balaban J connectivity index is 1.65. The predicted molar refractivity (Wildman–Crippen MR) is 84.8 cm³/mol. The molecule has 25 heavy (non-hydrogen) atoms. The van der Waals surface area contributed by atoms with Crippen molar-refractivity contribution in [2.75, 3.05) is 38.2 Å². The third-order valence-corrected chi connectivity index (χ3v) is 4.04. The molecule has 8 heteroatoms. The van der Waals surface area contributed by atoms with E-state index >= 15 is 0 Å². The first-order chi connectivity index (χ1) is 12.0. The van der Waals surface area contributed by atoms with Gasteiger partial charge in [0.2, 0.25) is 11.6 Å². The van der Waals surface area contributed by atoms with Crippen LogP contribution in [0.15, 0.2) is 24.3 Å². The molecule has 2 aromatic rings. The summed E-state index contributed by atoms with van der Waals surface area (Å²) >= 11 is 0. The molecule has 2 heterocycles. The van der Waals surface area contributed by atoms with Gasteiger partial charge in [0.15, 0.2) is 0 Å². The molecule has 1 aromatic heterocycles. The fourth-order valence-corrected chi connectivity index (χ4v) is 2.61. The Morgan fingerprint density at radius 2 is 1.56 bits per heavy atom. The van der Waals surface area contributed by atoms with Crippen molar-refractivity contribution in [3.8, 4) is 0 Å². The lowest BCUT2D eigenvalue weighted by atomic mass is 10.1. The number of hydrogen-bond acceptors (Lipinski definition) is 4. The van der Waals surface area contributed by atoms with Crippen LogP contribution >= 0.6 is 0 Å². The number of aromatic nitrogens is 1. The van der Waals surface area contributed by atoms with Crippen LogP contribution in [0, 0.1) is 23.5 Å². The van der Waals surface area contributed by atoms with Gasteiger partial charge in [-0.2, -0.15) is 22.5 Å². The molecule has 0 amide bonds. The van der Waals surface area contributed by atoms with Crippen molar-refractivity contribution in [3.05, 3.63) is 53.4 Å². The van der Waals surface area contributed by atoms with Crippen molar-refractivity contribution in [2.45, 2.75) is 6.42 Å². The molecule has 3 rings (SSSR count). The maximum Gasteiger partial charge on any atom is 0.253 e. The molecule has 0 radical (unpaired) electrons. The minimum atomic E-state index is -1.69. The van der Waals surface area contributed by atoms with Gasteiger partial charge >= 0.3 is 0 Å². The second kappa shape index (κ2) is 7.79. The first-order valence-corrected chi connectivity index (χ1v) is 7.90. The molecule has 0 spiro atoms. The third kappa shape index (κ3) is 4.26. The summed E-state index contributed by atoms with van der Waals surface area (Å²) in [5.74, 6) is -6.50. The highest BCUT2D eigenvalue weighted by Crippen LogP contribution is 2.26. The average Bonchev–Trinajstić information content (AvgIpc) is 2.64. The van der Waals surface area contributed by atoms with Crippen LogP contribution in [0.4, 0.5) is 28.9 Å². The zero-order chi connectivity index (χ0) is 17.8. The molecule has 0 atom stereocenters. The van der Waals surface area contributed by atoms with Gasteiger partial charge in [-0.3, -0.25) is 4.90 Å². The molecule has 0 saturated carbocycles. The number of morpholine rings is 1. The number of halogens is 4. The zero-order valence-corrected chi connectivity index (χ0v) is 13.4. The largest absolute Gasteiger partial charge is 0.379 e. The van der Waals surface area contributed by atoms with Gasteiger partial charge < -0.3 is 10.1 Å². The van der Waals surface area contributed by atoms with E-state index in [9.17, 15) is 17.6 Å². The molecule has 0 bridgehead atoms. The summed E-state index contributed by atoms with van der Waals surface area (Å²) in [7, 11) is 0. The van der Waals surface area contributed by atoms with Crippen molar-refractivity contribution < 1.29 is 22.3 Å². The van der Waals surface area contributed by atoms with E-state index in [0.717, 1.165) is 44.8 Å². The smallest absolute Gasteiger partial charge is 0.253 e. The minimum Gasteiger partial charge on any atom is -0.379 e. The Hall–Kier alpha value is -2.19. The maximum atomic E-state index is 13.6. The second-order valence-electron chi connectivity index (χ2n) is 5.72. The maximum absolute atomic E-state index is 13.6. The summed E-state index contributed by atoms with van der Waals surface area (Å²) in [5.41, 5.74) is 0.467.